The van der Waals surface area contributed by atoms with E-state index >= 15 is 0 Å². The van der Waals surface area contributed by atoms with Crippen molar-refractivity contribution < 1.29 is 9.90 Å². The summed E-state index contributed by atoms with van der Waals surface area (Å²) in [6.07, 6.45) is 1.71. The van der Waals surface area contributed by atoms with Crippen LogP contribution >= 0.6 is 22.6 Å². The SMILES string of the molecule is O=C(O)c1ccc2ncn(-c3ccc(I)cc3)c2c1. The Morgan fingerprint density at radius 2 is 1.89 bits per heavy atom. The molecule has 0 saturated heterocycles. The molecule has 0 atom stereocenters. The largest absolute Gasteiger partial charge is 0.478 e. The second-order valence-electron chi connectivity index (χ2n) is 4.10. The fraction of sp³-hybridized carbons (Fsp3) is 0. The number of aromatic carboxylic acids is 1. The molecule has 4 nitrogen and oxygen atoms in total. The monoisotopic (exact) mass is 364 g/mol. The molecule has 19 heavy (non-hydrogen) atoms. The molecule has 0 aliphatic heterocycles. The lowest BCUT2D eigenvalue weighted by atomic mass is 10.2. The summed E-state index contributed by atoms with van der Waals surface area (Å²) in [7, 11) is 0. The lowest BCUT2D eigenvalue weighted by Gasteiger charge is -2.04. The lowest BCUT2D eigenvalue weighted by Crippen LogP contribution is -1.97. The molecule has 3 rings (SSSR count). The van der Waals surface area contributed by atoms with Gasteiger partial charge in [-0.2, -0.15) is 0 Å². The van der Waals surface area contributed by atoms with E-state index in [4.69, 9.17) is 5.11 Å². The minimum Gasteiger partial charge on any atom is -0.478 e. The highest BCUT2D eigenvalue weighted by Crippen LogP contribution is 2.20. The van der Waals surface area contributed by atoms with Crippen LogP contribution in [0.1, 0.15) is 10.4 Å². The summed E-state index contributed by atoms with van der Waals surface area (Å²) in [6.45, 7) is 0. The standard InChI is InChI=1S/C14H9IN2O2/c15-10-2-4-11(5-3-10)17-8-16-12-6-1-9(14(18)19)7-13(12)17/h1-8H,(H,18,19). The third-order valence-electron chi connectivity index (χ3n) is 2.90. The summed E-state index contributed by atoms with van der Waals surface area (Å²) in [5.41, 5.74) is 2.80. The number of carboxylic acids is 1. The van der Waals surface area contributed by atoms with Gasteiger partial charge in [-0.15, -0.1) is 0 Å². The van der Waals surface area contributed by atoms with Crippen LogP contribution < -0.4 is 0 Å². The third kappa shape index (κ3) is 2.21. The molecular formula is C14H9IN2O2. The first kappa shape index (κ1) is 12.2. The van der Waals surface area contributed by atoms with Gasteiger partial charge in [0, 0.05) is 9.26 Å². The van der Waals surface area contributed by atoms with E-state index in [0.717, 1.165) is 20.3 Å². The quantitative estimate of drug-likeness (QED) is 0.710. The first-order valence-electron chi connectivity index (χ1n) is 5.61. The van der Waals surface area contributed by atoms with Crippen LogP contribution in [0.15, 0.2) is 48.8 Å². The maximum atomic E-state index is 11.0. The summed E-state index contributed by atoms with van der Waals surface area (Å²) in [4.78, 5) is 15.3. The van der Waals surface area contributed by atoms with Gasteiger partial charge in [0.2, 0.25) is 0 Å². The Labute approximate surface area is 122 Å². The first-order chi connectivity index (χ1) is 9.15. The molecule has 0 fully saturated rings. The molecule has 2 aromatic carbocycles. The van der Waals surface area contributed by atoms with Crippen molar-refractivity contribution in [1.29, 1.82) is 0 Å². The molecule has 0 aliphatic carbocycles. The van der Waals surface area contributed by atoms with E-state index in [2.05, 4.69) is 27.6 Å². The normalized spacial score (nSPS) is 10.8. The van der Waals surface area contributed by atoms with Gasteiger partial charge in [0.1, 0.15) is 6.33 Å². The topological polar surface area (TPSA) is 55.1 Å². The number of fused-ring (bicyclic) bond motifs is 1. The van der Waals surface area contributed by atoms with E-state index in [9.17, 15) is 4.79 Å². The van der Waals surface area contributed by atoms with Gasteiger partial charge in [0.05, 0.1) is 16.6 Å². The van der Waals surface area contributed by atoms with Crippen molar-refractivity contribution in [3.8, 4) is 5.69 Å². The molecule has 0 bridgehead atoms. The maximum absolute atomic E-state index is 11.0. The number of halogens is 1. The van der Waals surface area contributed by atoms with Crippen LogP contribution in [0.5, 0.6) is 0 Å². The summed E-state index contributed by atoms with van der Waals surface area (Å²) in [6, 6.07) is 12.9. The van der Waals surface area contributed by atoms with Gasteiger partial charge in [-0.25, -0.2) is 9.78 Å². The maximum Gasteiger partial charge on any atom is 0.335 e. The summed E-state index contributed by atoms with van der Waals surface area (Å²) >= 11 is 2.24. The number of nitrogens with zero attached hydrogens (tertiary/aromatic N) is 2. The van der Waals surface area contributed by atoms with Crippen LogP contribution in [0.3, 0.4) is 0 Å². The van der Waals surface area contributed by atoms with Crippen molar-refractivity contribution in [3.63, 3.8) is 0 Å². The molecule has 0 saturated carbocycles. The van der Waals surface area contributed by atoms with Gasteiger partial charge in [-0.1, -0.05) is 0 Å². The third-order valence-corrected chi connectivity index (χ3v) is 3.62. The van der Waals surface area contributed by atoms with Crippen LogP contribution in [-0.4, -0.2) is 20.6 Å². The number of carbonyl (C=O) groups is 1. The number of benzene rings is 2. The van der Waals surface area contributed by atoms with Crippen molar-refractivity contribution >= 4 is 39.6 Å². The van der Waals surface area contributed by atoms with E-state index in [1.54, 1.807) is 24.5 Å². The van der Waals surface area contributed by atoms with Crippen molar-refractivity contribution in [2.24, 2.45) is 0 Å². The Bertz CT molecular complexity index is 763. The minimum absolute atomic E-state index is 0.264. The highest BCUT2D eigenvalue weighted by atomic mass is 127. The fourth-order valence-corrected chi connectivity index (χ4v) is 2.31. The second kappa shape index (κ2) is 4.65. The molecule has 3 aromatic rings. The van der Waals surface area contributed by atoms with Gasteiger partial charge in [-0.05, 0) is 65.1 Å². The van der Waals surface area contributed by atoms with Crippen LogP contribution in [0.4, 0.5) is 0 Å². The number of imidazole rings is 1. The highest BCUT2D eigenvalue weighted by Gasteiger charge is 2.08. The predicted octanol–water partition coefficient (Wildman–Crippen LogP) is 3.33. The van der Waals surface area contributed by atoms with Crippen molar-refractivity contribution in [2.75, 3.05) is 0 Å². The molecule has 0 unspecified atom stereocenters. The fourth-order valence-electron chi connectivity index (χ4n) is 1.95. The number of carboxylic acid groups (broad SMARTS) is 1. The highest BCUT2D eigenvalue weighted by molar-refractivity contribution is 14.1. The van der Waals surface area contributed by atoms with Crippen molar-refractivity contribution in [1.82, 2.24) is 9.55 Å². The van der Waals surface area contributed by atoms with Gasteiger partial charge < -0.3 is 5.11 Å². The Morgan fingerprint density at radius 1 is 1.16 bits per heavy atom. The Kier molecular flexibility index (Phi) is 2.98. The van der Waals surface area contributed by atoms with Gasteiger partial charge in [0.25, 0.3) is 0 Å². The first-order valence-corrected chi connectivity index (χ1v) is 6.69. The second-order valence-corrected chi connectivity index (χ2v) is 5.35. The molecule has 1 heterocycles. The molecule has 0 aliphatic rings. The summed E-state index contributed by atoms with van der Waals surface area (Å²) in [5.74, 6) is -0.933. The Morgan fingerprint density at radius 3 is 2.58 bits per heavy atom. The predicted molar refractivity (Wildman–Crippen MR) is 80.7 cm³/mol. The Hall–Kier alpha value is -1.89. The lowest BCUT2D eigenvalue weighted by molar-refractivity contribution is 0.0697. The smallest absolute Gasteiger partial charge is 0.335 e. The zero-order valence-corrected chi connectivity index (χ0v) is 11.9. The van der Waals surface area contributed by atoms with Crippen LogP contribution in [0, 0.1) is 3.57 Å². The summed E-state index contributed by atoms with van der Waals surface area (Å²) < 4.78 is 3.04. The number of rotatable bonds is 2. The van der Waals surface area contributed by atoms with Gasteiger partial charge in [-0.3, -0.25) is 4.57 Å². The molecule has 1 aromatic heterocycles. The zero-order chi connectivity index (χ0) is 13.4. The molecule has 1 N–H and O–H groups in total. The molecule has 0 spiro atoms. The number of hydrogen-bond donors (Lipinski definition) is 1. The Balaban J connectivity index is 2.21. The molecule has 0 radical (unpaired) electrons. The van der Waals surface area contributed by atoms with E-state index in [1.165, 1.54) is 0 Å². The van der Waals surface area contributed by atoms with Crippen molar-refractivity contribution in [3.05, 3.63) is 57.9 Å². The molecule has 5 heteroatoms. The van der Waals surface area contributed by atoms with Crippen LogP contribution in [0.25, 0.3) is 16.7 Å². The average Bonchev–Trinajstić information content (AvgIpc) is 2.82. The van der Waals surface area contributed by atoms with Gasteiger partial charge in [0.15, 0.2) is 0 Å². The molecule has 0 amide bonds. The number of hydrogen-bond acceptors (Lipinski definition) is 2. The molecule has 94 valence electrons. The van der Waals surface area contributed by atoms with E-state index in [1.807, 2.05) is 28.8 Å². The van der Waals surface area contributed by atoms with Crippen LogP contribution in [-0.2, 0) is 0 Å². The van der Waals surface area contributed by atoms with E-state index in [0.29, 0.717) is 0 Å². The van der Waals surface area contributed by atoms with E-state index < -0.39 is 5.97 Å². The minimum atomic E-state index is -0.933. The summed E-state index contributed by atoms with van der Waals surface area (Å²) in [5, 5.41) is 9.05. The molecular weight excluding hydrogens is 355 g/mol. The van der Waals surface area contributed by atoms with E-state index in [-0.39, 0.29) is 5.56 Å². The number of aromatic nitrogens is 2. The van der Waals surface area contributed by atoms with Crippen molar-refractivity contribution in [2.45, 2.75) is 0 Å². The van der Waals surface area contributed by atoms with Gasteiger partial charge >= 0.3 is 5.97 Å². The average molecular weight is 364 g/mol. The van der Waals surface area contributed by atoms with Crippen LogP contribution in [0.2, 0.25) is 0 Å². The zero-order valence-electron chi connectivity index (χ0n) is 9.75.